The van der Waals surface area contributed by atoms with Gasteiger partial charge in [0.25, 0.3) is 5.91 Å². The summed E-state index contributed by atoms with van der Waals surface area (Å²) in [6, 6.07) is 3.26. The Hall–Kier alpha value is -2.18. The van der Waals surface area contributed by atoms with E-state index in [0.29, 0.717) is 12.4 Å². The molecule has 1 amide bonds. The number of hydrogen-bond donors (Lipinski definition) is 2. The molecule has 1 aromatic rings. The first-order valence-electron chi connectivity index (χ1n) is 6.45. The molecule has 0 fully saturated rings. The first-order valence-corrected chi connectivity index (χ1v) is 6.45. The summed E-state index contributed by atoms with van der Waals surface area (Å²) in [6.07, 6.45) is 0.887. The van der Waals surface area contributed by atoms with Crippen LogP contribution in [0.25, 0.3) is 0 Å². The van der Waals surface area contributed by atoms with Gasteiger partial charge < -0.3 is 15.3 Å². The Morgan fingerprint density at radius 3 is 2.50 bits per heavy atom. The summed E-state index contributed by atoms with van der Waals surface area (Å²) in [5, 5.41) is 19.6. The Bertz CT molecular complexity index is 459. The maximum absolute atomic E-state index is 11.6. The average Bonchev–Trinajstić information content (AvgIpc) is 2.42. The van der Waals surface area contributed by atoms with E-state index in [-0.39, 0.29) is 23.9 Å². The minimum Gasteiger partial charge on any atom is -0.481 e. The molecule has 1 heterocycles. The van der Waals surface area contributed by atoms with Crippen LogP contribution in [0.5, 0.6) is 0 Å². The van der Waals surface area contributed by atoms with Gasteiger partial charge in [0.05, 0.1) is 0 Å². The molecule has 7 nitrogen and oxygen atoms in total. The fourth-order valence-electron chi connectivity index (χ4n) is 1.63. The predicted octanol–water partition coefficient (Wildman–Crippen LogP) is 1.09. The third-order valence-corrected chi connectivity index (χ3v) is 2.90. The molecule has 0 aliphatic heterocycles. The van der Waals surface area contributed by atoms with Crippen molar-refractivity contribution in [2.75, 3.05) is 26.0 Å². The summed E-state index contributed by atoms with van der Waals surface area (Å²) >= 11 is 0. The smallest absolute Gasteiger partial charge is 0.303 e. The van der Waals surface area contributed by atoms with Crippen molar-refractivity contribution in [1.82, 2.24) is 15.1 Å². The van der Waals surface area contributed by atoms with Crippen LogP contribution in [-0.2, 0) is 4.79 Å². The number of aromatic nitrogens is 2. The molecule has 0 saturated carbocycles. The SMILES string of the molecule is CCC(CNc1ccc(C(=O)N(C)C)nn1)CC(=O)O. The number of hydrogen-bond acceptors (Lipinski definition) is 5. The van der Waals surface area contributed by atoms with Crippen LogP contribution in [0.4, 0.5) is 5.82 Å². The molecule has 1 atom stereocenters. The number of nitrogens with one attached hydrogen (secondary N) is 1. The van der Waals surface area contributed by atoms with Gasteiger partial charge in [-0.3, -0.25) is 9.59 Å². The molecule has 0 aliphatic carbocycles. The molecule has 0 aliphatic rings. The molecule has 1 unspecified atom stereocenters. The lowest BCUT2D eigenvalue weighted by molar-refractivity contribution is -0.138. The van der Waals surface area contributed by atoms with E-state index in [0.717, 1.165) is 6.42 Å². The van der Waals surface area contributed by atoms with Gasteiger partial charge in [-0.1, -0.05) is 13.3 Å². The first kappa shape index (κ1) is 15.9. The Labute approximate surface area is 118 Å². The lowest BCUT2D eigenvalue weighted by Gasteiger charge is -2.14. The van der Waals surface area contributed by atoms with E-state index in [4.69, 9.17) is 5.11 Å². The second kappa shape index (κ2) is 7.42. The number of carbonyl (C=O) groups is 2. The molecule has 0 saturated heterocycles. The van der Waals surface area contributed by atoms with Crippen molar-refractivity contribution in [2.24, 2.45) is 5.92 Å². The van der Waals surface area contributed by atoms with Gasteiger partial charge in [0.2, 0.25) is 0 Å². The van der Waals surface area contributed by atoms with Crippen molar-refractivity contribution in [3.63, 3.8) is 0 Å². The van der Waals surface area contributed by atoms with Crippen LogP contribution >= 0.6 is 0 Å². The van der Waals surface area contributed by atoms with E-state index in [9.17, 15) is 9.59 Å². The van der Waals surface area contributed by atoms with Gasteiger partial charge >= 0.3 is 5.97 Å². The van der Waals surface area contributed by atoms with Gasteiger partial charge in [0.1, 0.15) is 5.82 Å². The van der Waals surface area contributed by atoms with Crippen molar-refractivity contribution in [1.29, 1.82) is 0 Å². The maximum atomic E-state index is 11.6. The van der Waals surface area contributed by atoms with Crippen molar-refractivity contribution in [2.45, 2.75) is 19.8 Å². The molecule has 0 aromatic carbocycles. The van der Waals surface area contributed by atoms with Crippen LogP contribution in [0.2, 0.25) is 0 Å². The largest absolute Gasteiger partial charge is 0.481 e. The quantitative estimate of drug-likeness (QED) is 0.776. The summed E-state index contributed by atoms with van der Waals surface area (Å²) in [7, 11) is 3.29. The highest BCUT2D eigenvalue weighted by Crippen LogP contribution is 2.10. The van der Waals surface area contributed by atoms with Crippen LogP contribution < -0.4 is 5.32 Å². The highest BCUT2D eigenvalue weighted by Gasteiger charge is 2.12. The molecular weight excluding hydrogens is 260 g/mol. The van der Waals surface area contributed by atoms with Crippen LogP contribution in [-0.4, -0.2) is 52.7 Å². The molecule has 0 spiro atoms. The zero-order valence-corrected chi connectivity index (χ0v) is 12.0. The summed E-state index contributed by atoms with van der Waals surface area (Å²) < 4.78 is 0. The summed E-state index contributed by atoms with van der Waals surface area (Å²) in [5.41, 5.74) is 0.276. The topological polar surface area (TPSA) is 95.4 Å². The standard InChI is InChI=1S/C13H20N4O3/c1-4-9(7-12(18)19)8-14-11-6-5-10(15-16-11)13(20)17(2)3/h5-6,9H,4,7-8H2,1-3H3,(H,14,16)(H,18,19). The van der Waals surface area contributed by atoms with E-state index >= 15 is 0 Å². The summed E-state index contributed by atoms with van der Waals surface area (Å²) in [4.78, 5) is 23.7. The molecule has 2 N–H and O–H groups in total. The van der Waals surface area contributed by atoms with E-state index in [1.54, 1.807) is 26.2 Å². The van der Waals surface area contributed by atoms with Gasteiger partial charge in [-0.15, -0.1) is 10.2 Å². The van der Waals surface area contributed by atoms with Crippen molar-refractivity contribution >= 4 is 17.7 Å². The Morgan fingerprint density at radius 2 is 2.05 bits per heavy atom. The molecule has 1 rings (SSSR count). The molecule has 1 aromatic heterocycles. The number of anilines is 1. The number of carboxylic acid groups (broad SMARTS) is 1. The zero-order chi connectivity index (χ0) is 15.1. The van der Waals surface area contributed by atoms with E-state index in [1.807, 2.05) is 6.92 Å². The fraction of sp³-hybridized carbons (Fsp3) is 0.538. The minimum atomic E-state index is -0.809. The molecule has 0 bridgehead atoms. The highest BCUT2D eigenvalue weighted by molar-refractivity contribution is 5.91. The van der Waals surface area contributed by atoms with Crippen molar-refractivity contribution < 1.29 is 14.7 Å². The number of rotatable bonds is 7. The third-order valence-electron chi connectivity index (χ3n) is 2.90. The zero-order valence-electron chi connectivity index (χ0n) is 12.0. The van der Waals surface area contributed by atoms with Gasteiger partial charge in [-0.2, -0.15) is 0 Å². The van der Waals surface area contributed by atoms with E-state index < -0.39 is 5.97 Å². The highest BCUT2D eigenvalue weighted by atomic mass is 16.4. The fourth-order valence-corrected chi connectivity index (χ4v) is 1.63. The molecule has 0 radical (unpaired) electrons. The molecule has 7 heteroatoms. The second-order valence-electron chi connectivity index (χ2n) is 4.76. The van der Waals surface area contributed by atoms with Gasteiger partial charge in [-0.05, 0) is 18.1 Å². The van der Waals surface area contributed by atoms with E-state index in [2.05, 4.69) is 15.5 Å². The van der Waals surface area contributed by atoms with Crippen molar-refractivity contribution in [3.05, 3.63) is 17.8 Å². The predicted molar refractivity (Wildman–Crippen MR) is 74.6 cm³/mol. The molecule has 20 heavy (non-hydrogen) atoms. The number of nitrogens with zero attached hydrogens (tertiary/aromatic N) is 3. The minimum absolute atomic E-state index is 0.0392. The van der Waals surface area contributed by atoms with E-state index in [1.165, 1.54) is 4.90 Å². The van der Waals surface area contributed by atoms with Gasteiger partial charge in [0, 0.05) is 27.1 Å². The van der Waals surface area contributed by atoms with Crippen molar-refractivity contribution in [3.8, 4) is 0 Å². The number of carbonyl (C=O) groups excluding carboxylic acids is 1. The Balaban J connectivity index is 2.57. The molecule has 110 valence electrons. The number of aliphatic carboxylic acids is 1. The molecular formula is C13H20N4O3. The van der Waals surface area contributed by atoms with Gasteiger partial charge in [-0.25, -0.2) is 0 Å². The lowest BCUT2D eigenvalue weighted by atomic mass is 10.0. The number of carboxylic acids is 1. The van der Waals surface area contributed by atoms with Crippen LogP contribution in [0.15, 0.2) is 12.1 Å². The average molecular weight is 280 g/mol. The monoisotopic (exact) mass is 280 g/mol. The Morgan fingerprint density at radius 1 is 1.35 bits per heavy atom. The lowest BCUT2D eigenvalue weighted by Crippen LogP contribution is -2.23. The van der Waals surface area contributed by atoms with Gasteiger partial charge in [0.15, 0.2) is 5.69 Å². The first-order chi connectivity index (χ1) is 9.43. The summed E-state index contributed by atoms with van der Waals surface area (Å²) in [6.45, 7) is 2.46. The third kappa shape index (κ3) is 4.83. The second-order valence-corrected chi connectivity index (χ2v) is 4.76. The summed E-state index contributed by atoms with van der Waals surface area (Å²) in [5.74, 6) is -0.445. The Kier molecular flexibility index (Phi) is 5.89. The maximum Gasteiger partial charge on any atom is 0.303 e. The number of amides is 1. The normalized spacial score (nSPS) is 11.8. The van der Waals surface area contributed by atoms with Crippen LogP contribution in [0.3, 0.4) is 0 Å². The van der Waals surface area contributed by atoms with Crippen LogP contribution in [0.1, 0.15) is 30.3 Å². The van der Waals surface area contributed by atoms with Crippen LogP contribution in [0, 0.1) is 5.92 Å².